The Hall–Kier alpha value is -1.88. The van der Waals surface area contributed by atoms with Crippen molar-refractivity contribution in [2.75, 3.05) is 12.3 Å². The van der Waals surface area contributed by atoms with Crippen molar-refractivity contribution in [3.63, 3.8) is 0 Å². The molecule has 22 heavy (non-hydrogen) atoms. The quantitative estimate of drug-likeness (QED) is 0.417. The summed E-state index contributed by atoms with van der Waals surface area (Å²) in [6.45, 7) is -0.903. The fourth-order valence-corrected chi connectivity index (χ4v) is 1.95. The summed E-state index contributed by atoms with van der Waals surface area (Å²) in [4.78, 5) is 38.3. The van der Waals surface area contributed by atoms with Gasteiger partial charge in [-0.15, -0.1) is 0 Å². The Labute approximate surface area is 121 Å². The first-order chi connectivity index (χ1) is 10.1. The SMILES string of the molecule is Nc1nc2c(ncn2COCCC(F)(F)P(=O)(O)O)c(=O)[nH]1. The average molecular weight is 339 g/mol. The lowest BCUT2D eigenvalue weighted by molar-refractivity contribution is -0.000331. The Balaban J connectivity index is 2.02. The molecule has 5 N–H and O–H groups in total. The highest BCUT2D eigenvalue weighted by atomic mass is 31.2. The van der Waals surface area contributed by atoms with Crippen LogP contribution in [0.4, 0.5) is 14.7 Å². The maximum absolute atomic E-state index is 13.0. The zero-order valence-corrected chi connectivity index (χ0v) is 11.8. The molecule has 0 saturated carbocycles. The molecule has 10 nitrogen and oxygen atoms in total. The average Bonchev–Trinajstić information content (AvgIpc) is 2.76. The Morgan fingerprint density at radius 2 is 2.18 bits per heavy atom. The van der Waals surface area contributed by atoms with E-state index in [0.29, 0.717) is 0 Å². The van der Waals surface area contributed by atoms with Gasteiger partial charge in [0.1, 0.15) is 6.73 Å². The van der Waals surface area contributed by atoms with Gasteiger partial charge in [0, 0.05) is 6.42 Å². The smallest absolute Gasteiger partial charge is 0.369 e. The molecular formula is C9H12F2N5O5P. The van der Waals surface area contributed by atoms with Crippen molar-refractivity contribution in [1.82, 2.24) is 19.5 Å². The molecule has 0 atom stereocenters. The summed E-state index contributed by atoms with van der Waals surface area (Å²) in [5, 5.41) is 0. The highest BCUT2D eigenvalue weighted by Gasteiger charge is 2.48. The van der Waals surface area contributed by atoms with Crippen molar-refractivity contribution in [3.05, 3.63) is 16.7 Å². The molecule has 0 unspecified atom stereocenters. The Morgan fingerprint density at radius 3 is 2.82 bits per heavy atom. The van der Waals surface area contributed by atoms with Gasteiger partial charge in [0.05, 0.1) is 12.9 Å². The molecule has 0 saturated heterocycles. The third-order valence-electron chi connectivity index (χ3n) is 2.70. The summed E-state index contributed by atoms with van der Waals surface area (Å²) < 4.78 is 42.7. The van der Waals surface area contributed by atoms with Crippen LogP contribution in [0.1, 0.15) is 6.42 Å². The summed E-state index contributed by atoms with van der Waals surface area (Å²) in [5.41, 5.74) is 0.753. The third kappa shape index (κ3) is 3.30. The van der Waals surface area contributed by atoms with Gasteiger partial charge in [-0.25, -0.2) is 4.98 Å². The van der Waals surface area contributed by atoms with Crippen molar-refractivity contribution < 1.29 is 27.9 Å². The fraction of sp³-hybridized carbons (Fsp3) is 0.444. The van der Waals surface area contributed by atoms with Gasteiger partial charge in [-0.2, -0.15) is 13.8 Å². The van der Waals surface area contributed by atoms with Gasteiger partial charge in [0.2, 0.25) is 5.95 Å². The molecule has 0 bridgehead atoms. The maximum Gasteiger partial charge on any atom is 0.394 e. The highest BCUT2D eigenvalue weighted by Crippen LogP contribution is 2.54. The zero-order chi connectivity index (χ0) is 16.5. The summed E-state index contributed by atoms with van der Waals surface area (Å²) in [7, 11) is -5.53. The molecule has 0 spiro atoms. The van der Waals surface area contributed by atoms with E-state index in [1.807, 2.05) is 0 Å². The molecule has 2 rings (SSSR count). The number of aromatic nitrogens is 4. The topological polar surface area (TPSA) is 156 Å². The normalized spacial score (nSPS) is 12.9. The minimum Gasteiger partial charge on any atom is -0.369 e. The molecule has 0 aliphatic heterocycles. The van der Waals surface area contributed by atoms with E-state index in [9.17, 15) is 18.1 Å². The summed E-state index contributed by atoms with van der Waals surface area (Å²) in [5.74, 6) is -0.146. The molecule has 0 radical (unpaired) electrons. The van der Waals surface area contributed by atoms with Gasteiger partial charge in [-0.1, -0.05) is 0 Å². The lowest BCUT2D eigenvalue weighted by atomic mass is 10.5. The van der Waals surface area contributed by atoms with Crippen LogP contribution in [0, 0.1) is 0 Å². The number of rotatable bonds is 6. The second-order valence-corrected chi connectivity index (χ2v) is 6.08. The summed E-state index contributed by atoms with van der Waals surface area (Å²) >= 11 is 0. The molecule has 0 aliphatic carbocycles. The monoisotopic (exact) mass is 339 g/mol. The largest absolute Gasteiger partial charge is 0.394 e. The van der Waals surface area contributed by atoms with E-state index in [1.165, 1.54) is 10.9 Å². The van der Waals surface area contributed by atoms with Crippen LogP contribution in [-0.2, 0) is 16.0 Å². The van der Waals surface area contributed by atoms with Crippen LogP contribution < -0.4 is 11.3 Å². The number of nitrogens with zero attached hydrogens (tertiary/aromatic N) is 3. The number of ether oxygens (including phenoxy) is 1. The number of halogens is 2. The number of nitrogens with two attached hydrogens (primary N) is 1. The summed E-state index contributed by atoms with van der Waals surface area (Å²) in [6.07, 6.45) is 0.0491. The first-order valence-corrected chi connectivity index (χ1v) is 7.45. The summed E-state index contributed by atoms with van der Waals surface area (Å²) in [6, 6.07) is 0. The van der Waals surface area contributed by atoms with Gasteiger partial charge in [-0.05, 0) is 0 Å². The molecule has 2 aromatic rings. The molecule has 2 aromatic heterocycles. The first kappa shape index (κ1) is 16.5. The van der Waals surface area contributed by atoms with Gasteiger partial charge in [0.25, 0.3) is 5.56 Å². The second-order valence-electron chi connectivity index (χ2n) is 4.33. The minimum atomic E-state index is -5.53. The first-order valence-electron chi connectivity index (χ1n) is 5.83. The Morgan fingerprint density at radius 1 is 1.50 bits per heavy atom. The number of nitrogens with one attached hydrogen (secondary N) is 1. The van der Waals surface area contributed by atoms with Crippen molar-refractivity contribution in [2.45, 2.75) is 18.8 Å². The van der Waals surface area contributed by atoms with Crippen molar-refractivity contribution in [1.29, 1.82) is 0 Å². The van der Waals surface area contributed by atoms with E-state index in [0.717, 1.165) is 0 Å². The van der Waals surface area contributed by atoms with Gasteiger partial charge < -0.3 is 20.3 Å². The van der Waals surface area contributed by atoms with Crippen LogP contribution in [0.2, 0.25) is 0 Å². The van der Waals surface area contributed by atoms with Crippen LogP contribution in [-0.4, -0.2) is 41.6 Å². The maximum atomic E-state index is 13.0. The van der Waals surface area contributed by atoms with E-state index in [2.05, 4.69) is 15.0 Å². The van der Waals surface area contributed by atoms with Crippen LogP contribution in [0.15, 0.2) is 11.1 Å². The predicted molar refractivity (Wildman–Crippen MR) is 70.1 cm³/mol. The van der Waals surface area contributed by atoms with E-state index >= 15 is 0 Å². The van der Waals surface area contributed by atoms with E-state index < -0.39 is 31.8 Å². The van der Waals surface area contributed by atoms with Crippen LogP contribution in [0.3, 0.4) is 0 Å². The molecule has 2 heterocycles. The minimum absolute atomic E-state index is 0.00153. The van der Waals surface area contributed by atoms with Crippen molar-refractivity contribution in [2.24, 2.45) is 0 Å². The number of fused-ring (bicyclic) bond motifs is 1. The van der Waals surface area contributed by atoms with Crippen molar-refractivity contribution >= 4 is 24.7 Å². The molecular weight excluding hydrogens is 327 g/mol. The third-order valence-corrected chi connectivity index (χ3v) is 3.77. The van der Waals surface area contributed by atoms with E-state index in [1.54, 1.807) is 0 Å². The Kier molecular flexibility index (Phi) is 4.29. The molecule has 0 amide bonds. The number of alkyl halides is 2. The van der Waals surface area contributed by atoms with Crippen LogP contribution in [0.5, 0.6) is 0 Å². The number of H-pyrrole nitrogens is 1. The van der Waals surface area contributed by atoms with E-state index in [-0.39, 0.29) is 23.8 Å². The van der Waals surface area contributed by atoms with Gasteiger partial charge in [-0.3, -0.25) is 18.9 Å². The van der Waals surface area contributed by atoms with Crippen LogP contribution in [0.25, 0.3) is 11.2 Å². The lowest BCUT2D eigenvalue weighted by Gasteiger charge is -2.17. The predicted octanol–water partition coefficient (Wildman–Crippen LogP) is -0.164. The molecule has 0 aromatic carbocycles. The number of aromatic amines is 1. The molecule has 0 fully saturated rings. The van der Waals surface area contributed by atoms with E-state index in [4.69, 9.17) is 20.3 Å². The lowest BCUT2D eigenvalue weighted by Crippen LogP contribution is -2.19. The van der Waals surface area contributed by atoms with Gasteiger partial charge in [0.15, 0.2) is 11.2 Å². The number of hydrogen-bond donors (Lipinski definition) is 4. The number of anilines is 1. The number of hydrogen-bond acceptors (Lipinski definition) is 6. The number of nitrogen functional groups attached to an aromatic ring is 1. The highest BCUT2D eigenvalue weighted by molar-refractivity contribution is 7.53. The zero-order valence-electron chi connectivity index (χ0n) is 10.9. The Bertz CT molecular complexity index is 784. The molecule has 122 valence electrons. The second kappa shape index (κ2) is 5.72. The molecule has 13 heteroatoms. The standard InChI is InChI=1S/C9H12F2N5O5P/c10-9(11,22(18,19)20)1-2-21-4-16-3-13-5-6(16)14-8(12)15-7(5)17/h3H,1-2,4H2,(H2,18,19,20)(H3,12,14,15,17). The van der Waals surface area contributed by atoms with Crippen LogP contribution >= 0.6 is 7.60 Å². The number of imidazole rings is 1. The fourth-order valence-electron chi connectivity index (χ4n) is 1.57. The van der Waals surface area contributed by atoms with Crippen molar-refractivity contribution in [3.8, 4) is 0 Å². The molecule has 0 aliphatic rings. The van der Waals surface area contributed by atoms with Gasteiger partial charge >= 0.3 is 13.3 Å².